The third-order valence-corrected chi connectivity index (χ3v) is 4.31. The van der Waals surface area contributed by atoms with Gasteiger partial charge >= 0.3 is 0 Å². The predicted molar refractivity (Wildman–Crippen MR) is 108 cm³/mol. The van der Waals surface area contributed by atoms with E-state index in [2.05, 4.69) is 45.5 Å². The van der Waals surface area contributed by atoms with Crippen LogP contribution in [-0.4, -0.2) is 31.5 Å². The number of ether oxygens (including phenoxy) is 2. The van der Waals surface area contributed by atoms with E-state index in [0.29, 0.717) is 31.1 Å². The van der Waals surface area contributed by atoms with Gasteiger partial charge < -0.3 is 14.8 Å². The number of hydrogen-bond donors (Lipinski definition) is 1. The lowest BCUT2D eigenvalue weighted by Crippen LogP contribution is -2.26. The Morgan fingerprint density at radius 3 is 2.58 bits per heavy atom. The van der Waals surface area contributed by atoms with Gasteiger partial charge in [-0.1, -0.05) is 52.3 Å². The summed E-state index contributed by atoms with van der Waals surface area (Å²) < 4.78 is 10.9. The van der Waals surface area contributed by atoms with Gasteiger partial charge in [0.25, 0.3) is 0 Å². The molecule has 1 N–H and O–H groups in total. The van der Waals surface area contributed by atoms with Gasteiger partial charge in [-0.2, -0.15) is 0 Å². The van der Waals surface area contributed by atoms with Gasteiger partial charge in [0.2, 0.25) is 5.91 Å². The number of rotatable bonds is 11. The molecule has 0 aliphatic carbocycles. The number of carbonyl (C=O) groups excluding carboxylic acids is 1. The highest BCUT2D eigenvalue weighted by atomic mass is 79.9. The van der Waals surface area contributed by atoms with Crippen LogP contribution in [0.15, 0.2) is 48.5 Å². The molecule has 4 nitrogen and oxygen atoms in total. The van der Waals surface area contributed by atoms with Crippen molar-refractivity contribution in [3.63, 3.8) is 0 Å². The van der Waals surface area contributed by atoms with Gasteiger partial charge in [-0.3, -0.25) is 4.79 Å². The molecule has 0 bridgehead atoms. The second kappa shape index (κ2) is 11.6. The van der Waals surface area contributed by atoms with Gasteiger partial charge in [0.15, 0.2) is 11.5 Å². The average Bonchev–Trinajstić information content (AvgIpc) is 2.67. The highest BCUT2D eigenvalue weighted by Gasteiger charge is 2.09. The van der Waals surface area contributed by atoms with Crippen LogP contribution < -0.4 is 14.8 Å². The van der Waals surface area contributed by atoms with Crippen molar-refractivity contribution < 1.29 is 14.3 Å². The van der Waals surface area contributed by atoms with E-state index in [1.165, 1.54) is 5.56 Å². The first-order chi connectivity index (χ1) is 12.7. The first-order valence-corrected chi connectivity index (χ1v) is 10.0. The molecule has 0 aromatic heterocycles. The number of unbranched alkanes of at least 4 members (excludes halogenated alkanes) is 1. The molecule has 0 fully saturated rings. The van der Waals surface area contributed by atoms with Crippen molar-refractivity contribution in [3.8, 4) is 11.5 Å². The largest absolute Gasteiger partial charge is 0.493 e. The Balaban J connectivity index is 1.71. The van der Waals surface area contributed by atoms with Crippen molar-refractivity contribution in [2.75, 3.05) is 25.6 Å². The fraction of sp³-hybridized carbons (Fsp3) is 0.381. The molecule has 2 rings (SSSR count). The number of amides is 1. The van der Waals surface area contributed by atoms with Crippen molar-refractivity contribution in [1.82, 2.24) is 5.32 Å². The van der Waals surface area contributed by atoms with Crippen LogP contribution in [0, 0.1) is 0 Å². The van der Waals surface area contributed by atoms with E-state index in [1.54, 1.807) is 7.11 Å². The van der Waals surface area contributed by atoms with E-state index in [0.717, 1.165) is 30.2 Å². The molecule has 0 atom stereocenters. The summed E-state index contributed by atoms with van der Waals surface area (Å²) in [5, 5.41) is 3.74. The molecule has 0 saturated carbocycles. The third kappa shape index (κ3) is 7.08. The normalized spacial score (nSPS) is 10.4. The molecule has 0 aliphatic rings. The summed E-state index contributed by atoms with van der Waals surface area (Å²) in [4.78, 5) is 12.1. The van der Waals surface area contributed by atoms with Gasteiger partial charge in [0.05, 0.1) is 20.1 Å². The Hall–Kier alpha value is -2.01. The number of methoxy groups -OCH3 is 1. The van der Waals surface area contributed by atoms with E-state index in [-0.39, 0.29) is 5.91 Å². The van der Waals surface area contributed by atoms with Crippen LogP contribution in [-0.2, 0) is 17.6 Å². The molecule has 0 spiro atoms. The number of carbonyl (C=O) groups is 1. The summed E-state index contributed by atoms with van der Waals surface area (Å²) in [7, 11) is 1.60. The molecule has 2 aromatic carbocycles. The molecule has 0 heterocycles. The number of hydrogen-bond acceptors (Lipinski definition) is 3. The second-order valence-corrected chi connectivity index (χ2v) is 6.79. The fourth-order valence-corrected chi connectivity index (χ4v) is 2.83. The highest BCUT2D eigenvalue weighted by molar-refractivity contribution is 9.09. The molecule has 5 heteroatoms. The molecule has 0 radical (unpaired) electrons. The maximum absolute atomic E-state index is 12.1. The topological polar surface area (TPSA) is 47.6 Å². The Morgan fingerprint density at radius 1 is 1.04 bits per heavy atom. The number of halogens is 1. The zero-order chi connectivity index (χ0) is 18.6. The van der Waals surface area contributed by atoms with Crippen LogP contribution in [0.25, 0.3) is 0 Å². The molecular formula is C21H26BrNO3. The Labute approximate surface area is 164 Å². The van der Waals surface area contributed by atoms with Crippen LogP contribution in [0.3, 0.4) is 0 Å². The first-order valence-electron chi connectivity index (χ1n) is 8.89. The zero-order valence-corrected chi connectivity index (χ0v) is 16.8. The molecule has 140 valence electrons. The Kier molecular flexibility index (Phi) is 9.04. The standard InChI is InChI=1S/C21H26BrNO3/c1-25-20-15-18(10-11-19(20)26-14-12-22)16-21(24)23-13-6-5-9-17-7-3-2-4-8-17/h2-4,7-8,10-11,15H,5-6,9,12-14,16H2,1H3,(H,23,24). The summed E-state index contributed by atoms with van der Waals surface area (Å²) in [5.41, 5.74) is 2.25. The van der Waals surface area contributed by atoms with Crippen LogP contribution >= 0.6 is 15.9 Å². The Bertz CT molecular complexity index is 676. The first kappa shape index (κ1) is 20.3. The summed E-state index contributed by atoms with van der Waals surface area (Å²) in [5.74, 6) is 1.37. The van der Waals surface area contributed by atoms with Gasteiger partial charge in [-0.05, 0) is 42.5 Å². The van der Waals surface area contributed by atoms with E-state index in [9.17, 15) is 4.79 Å². The van der Waals surface area contributed by atoms with Gasteiger partial charge in [0, 0.05) is 11.9 Å². The maximum Gasteiger partial charge on any atom is 0.224 e. The molecule has 0 aliphatic heterocycles. The van der Waals surface area contributed by atoms with Crippen molar-refractivity contribution in [1.29, 1.82) is 0 Å². The summed E-state index contributed by atoms with van der Waals surface area (Å²) in [6, 6.07) is 16.0. The molecule has 2 aromatic rings. The van der Waals surface area contributed by atoms with E-state index < -0.39 is 0 Å². The van der Waals surface area contributed by atoms with Crippen molar-refractivity contribution in [2.45, 2.75) is 25.7 Å². The van der Waals surface area contributed by atoms with Crippen LogP contribution in [0.1, 0.15) is 24.0 Å². The molecule has 26 heavy (non-hydrogen) atoms. The third-order valence-electron chi connectivity index (χ3n) is 3.98. The smallest absolute Gasteiger partial charge is 0.224 e. The molecular weight excluding hydrogens is 394 g/mol. The Morgan fingerprint density at radius 2 is 1.85 bits per heavy atom. The SMILES string of the molecule is COc1cc(CC(=O)NCCCCc2ccccc2)ccc1OCCBr. The van der Waals surface area contributed by atoms with E-state index in [1.807, 2.05) is 24.3 Å². The van der Waals surface area contributed by atoms with Crippen molar-refractivity contribution in [3.05, 3.63) is 59.7 Å². The lowest BCUT2D eigenvalue weighted by atomic mass is 10.1. The van der Waals surface area contributed by atoms with Gasteiger partial charge in [-0.25, -0.2) is 0 Å². The maximum atomic E-state index is 12.1. The lowest BCUT2D eigenvalue weighted by molar-refractivity contribution is -0.120. The molecule has 0 unspecified atom stereocenters. The summed E-state index contributed by atoms with van der Waals surface area (Å²) >= 11 is 3.33. The molecule has 1 amide bonds. The van der Waals surface area contributed by atoms with Crippen LogP contribution in [0.2, 0.25) is 0 Å². The second-order valence-electron chi connectivity index (χ2n) is 5.99. The summed E-state index contributed by atoms with van der Waals surface area (Å²) in [6.45, 7) is 1.27. The predicted octanol–water partition coefficient (Wildman–Crippen LogP) is 4.15. The summed E-state index contributed by atoms with van der Waals surface area (Å²) in [6.07, 6.45) is 3.43. The van der Waals surface area contributed by atoms with E-state index in [4.69, 9.17) is 9.47 Å². The number of benzene rings is 2. The van der Waals surface area contributed by atoms with Crippen LogP contribution in [0.5, 0.6) is 11.5 Å². The number of nitrogens with one attached hydrogen (secondary N) is 1. The number of aryl methyl sites for hydroxylation is 1. The molecule has 0 saturated heterocycles. The van der Waals surface area contributed by atoms with Crippen molar-refractivity contribution in [2.24, 2.45) is 0 Å². The minimum atomic E-state index is 0.0286. The minimum Gasteiger partial charge on any atom is -0.493 e. The zero-order valence-electron chi connectivity index (χ0n) is 15.2. The van der Waals surface area contributed by atoms with Gasteiger partial charge in [0.1, 0.15) is 0 Å². The van der Waals surface area contributed by atoms with Gasteiger partial charge in [-0.15, -0.1) is 0 Å². The van der Waals surface area contributed by atoms with E-state index >= 15 is 0 Å². The monoisotopic (exact) mass is 419 g/mol. The quantitative estimate of drug-likeness (QED) is 0.439. The van der Waals surface area contributed by atoms with Crippen LogP contribution in [0.4, 0.5) is 0 Å². The van der Waals surface area contributed by atoms with Crippen molar-refractivity contribution >= 4 is 21.8 Å². The fourth-order valence-electron chi connectivity index (χ4n) is 2.66. The minimum absolute atomic E-state index is 0.0286. The lowest BCUT2D eigenvalue weighted by Gasteiger charge is -2.11. The number of alkyl halides is 1. The average molecular weight is 420 g/mol. The highest BCUT2D eigenvalue weighted by Crippen LogP contribution is 2.28.